The number of anilines is 1. The van der Waals surface area contributed by atoms with Gasteiger partial charge < -0.3 is 10.0 Å². The number of hydrogen-bond acceptors (Lipinski definition) is 4. The van der Waals surface area contributed by atoms with Crippen molar-refractivity contribution in [2.45, 2.75) is 19.4 Å². The van der Waals surface area contributed by atoms with Gasteiger partial charge in [0.05, 0.1) is 12.4 Å². The highest BCUT2D eigenvalue weighted by atomic mass is 32.2. The van der Waals surface area contributed by atoms with E-state index >= 15 is 0 Å². The molecule has 1 saturated heterocycles. The van der Waals surface area contributed by atoms with Crippen molar-refractivity contribution in [1.82, 2.24) is 4.31 Å². The number of benzene rings is 1. The highest BCUT2D eigenvalue weighted by Gasteiger charge is 2.23. The van der Waals surface area contributed by atoms with Crippen molar-refractivity contribution < 1.29 is 13.5 Å². The number of sulfonamides is 1. The van der Waals surface area contributed by atoms with Crippen molar-refractivity contribution in [1.29, 1.82) is 0 Å². The van der Waals surface area contributed by atoms with E-state index in [0.717, 1.165) is 11.3 Å². The molecule has 1 aliphatic rings. The van der Waals surface area contributed by atoms with Crippen LogP contribution in [0.4, 0.5) is 5.69 Å². The van der Waals surface area contributed by atoms with E-state index in [1.807, 2.05) is 31.2 Å². The molecule has 0 bridgehead atoms. The van der Waals surface area contributed by atoms with E-state index in [9.17, 15) is 13.5 Å². The molecule has 0 amide bonds. The van der Waals surface area contributed by atoms with Crippen LogP contribution in [0.25, 0.3) is 0 Å². The number of aliphatic hydroxyl groups is 1. The first-order chi connectivity index (χ1) is 9.41. The summed E-state index contributed by atoms with van der Waals surface area (Å²) in [5.74, 6) is 0. The molecule has 6 heteroatoms. The smallest absolute Gasteiger partial charge is 0.211 e. The van der Waals surface area contributed by atoms with Crippen LogP contribution in [0, 0.1) is 0 Å². The van der Waals surface area contributed by atoms with Crippen LogP contribution in [0.15, 0.2) is 24.3 Å². The molecule has 1 fully saturated rings. The first-order valence-corrected chi connectivity index (χ1v) is 8.74. The lowest BCUT2D eigenvalue weighted by Crippen LogP contribution is -2.48. The maximum Gasteiger partial charge on any atom is 0.211 e. The molecular weight excluding hydrogens is 276 g/mol. The summed E-state index contributed by atoms with van der Waals surface area (Å²) in [5.41, 5.74) is 2.00. The molecule has 1 heterocycles. The quantitative estimate of drug-likeness (QED) is 0.908. The minimum Gasteiger partial charge on any atom is -0.388 e. The summed E-state index contributed by atoms with van der Waals surface area (Å²) in [5, 5.41) is 9.77. The molecule has 112 valence electrons. The van der Waals surface area contributed by atoms with Crippen LogP contribution in [0.3, 0.4) is 0 Å². The molecule has 1 aliphatic heterocycles. The van der Waals surface area contributed by atoms with E-state index in [-0.39, 0.29) is 0 Å². The number of rotatable bonds is 4. The average Bonchev–Trinajstić information content (AvgIpc) is 2.46. The topological polar surface area (TPSA) is 60.9 Å². The largest absolute Gasteiger partial charge is 0.388 e. The maximum absolute atomic E-state index is 11.5. The van der Waals surface area contributed by atoms with E-state index in [0.29, 0.717) is 32.6 Å². The van der Waals surface area contributed by atoms with Crippen LogP contribution in [-0.4, -0.2) is 50.3 Å². The summed E-state index contributed by atoms with van der Waals surface area (Å²) in [6, 6.07) is 7.85. The predicted molar refractivity (Wildman–Crippen MR) is 80.3 cm³/mol. The van der Waals surface area contributed by atoms with Crippen molar-refractivity contribution in [3.05, 3.63) is 29.8 Å². The lowest BCUT2D eigenvalue weighted by atomic mass is 10.1. The van der Waals surface area contributed by atoms with E-state index < -0.39 is 16.1 Å². The monoisotopic (exact) mass is 298 g/mol. The Labute approximate surface area is 120 Å². The Balaban J connectivity index is 2.00. The lowest BCUT2D eigenvalue weighted by molar-refractivity contribution is 0.173. The van der Waals surface area contributed by atoms with Crippen molar-refractivity contribution >= 4 is 15.7 Å². The molecule has 2 rings (SSSR count). The molecule has 1 aromatic carbocycles. The Bertz CT molecular complexity index is 534. The van der Waals surface area contributed by atoms with Crippen LogP contribution in [-0.2, 0) is 10.0 Å². The van der Waals surface area contributed by atoms with Crippen molar-refractivity contribution in [3.63, 3.8) is 0 Å². The van der Waals surface area contributed by atoms with Gasteiger partial charge in [0, 0.05) is 31.9 Å². The van der Waals surface area contributed by atoms with Gasteiger partial charge >= 0.3 is 0 Å². The average molecular weight is 298 g/mol. The number of aliphatic hydroxyl groups excluding tert-OH is 1. The Morgan fingerprint density at radius 3 is 2.15 bits per heavy atom. The molecule has 0 aromatic heterocycles. The summed E-state index contributed by atoms with van der Waals surface area (Å²) in [6.07, 6.45) is 1.54. The second-order valence-electron chi connectivity index (χ2n) is 5.16. The molecular formula is C14H22N2O3S. The van der Waals surface area contributed by atoms with Gasteiger partial charge in [-0.25, -0.2) is 8.42 Å². The molecule has 0 saturated carbocycles. The summed E-state index contributed by atoms with van der Waals surface area (Å²) in [4.78, 5) is 2.17. The van der Waals surface area contributed by atoms with Crippen molar-refractivity contribution in [2.24, 2.45) is 0 Å². The lowest BCUT2D eigenvalue weighted by Gasteiger charge is -2.34. The molecule has 1 N–H and O–H groups in total. The molecule has 20 heavy (non-hydrogen) atoms. The van der Waals surface area contributed by atoms with Crippen LogP contribution in [0.2, 0.25) is 0 Å². The van der Waals surface area contributed by atoms with Gasteiger partial charge in [0.2, 0.25) is 10.0 Å². The van der Waals surface area contributed by atoms with Gasteiger partial charge in [-0.2, -0.15) is 4.31 Å². The first kappa shape index (κ1) is 15.3. The van der Waals surface area contributed by atoms with Crippen LogP contribution < -0.4 is 4.90 Å². The van der Waals surface area contributed by atoms with E-state index in [4.69, 9.17) is 0 Å². The third-order valence-electron chi connectivity index (χ3n) is 3.74. The highest BCUT2D eigenvalue weighted by Crippen LogP contribution is 2.22. The highest BCUT2D eigenvalue weighted by molar-refractivity contribution is 7.88. The zero-order valence-corrected chi connectivity index (χ0v) is 12.8. The second kappa shape index (κ2) is 6.11. The van der Waals surface area contributed by atoms with Crippen LogP contribution in [0.5, 0.6) is 0 Å². The summed E-state index contributed by atoms with van der Waals surface area (Å²) in [6.45, 7) is 4.39. The molecule has 0 radical (unpaired) electrons. The molecule has 1 aromatic rings. The fraction of sp³-hybridized carbons (Fsp3) is 0.571. The van der Waals surface area contributed by atoms with Crippen LogP contribution >= 0.6 is 0 Å². The number of hydrogen-bond donors (Lipinski definition) is 1. The van der Waals surface area contributed by atoms with Crippen molar-refractivity contribution in [3.8, 4) is 0 Å². The van der Waals surface area contributed by atoms with Crippen LogP contribution in [0.1, 0.15) is 25.0 Å². The molecule has 1 atom stereocenters. The maximum atomic E-state index is 11.5. The van der Waals surface area contributed by atoms with Gasteiger partial charge in [0.25, 0.3) is 0 Å². The Morgan fingerprint density at radius 1 is 1.15 bits per heavy atom. The van der Waals surface area contributed by atoms with Gasteiger partial charge in [0.1, 0.15) is 0 Å². The van der Waals surface area contributed by atoms with E-state index in [1.54, 1.807) is 0 Å². The summed E-state index contributed by atoms with van der Waals surface area (Å²) in [7, 11) is -3.08. The number of piperazine rings is 1. The molecule has 1 unspecified atom stereocenters. The Morgan fingerprint density at radius 2 is 1.70 bits per heavy atom. The SMILES string of the molecule is CCC(O)c1ccc(N2CCN(S(C)(=O)=O)CC2)cc1. The summed E-state index contributed by atoms with van der Waals surface area (Å²) < 4.78 is 24.4. The predicted octanol–water partition coefficient (Wildman–Crippen LogP) is 1.21. The fourth-order valence-electron chi connectivity index (χ4n) is 2.42. The third-order valence-corrected chi connectivity index (χ3v) is 5.04. The Hall–Kier alpha value is -1.11. The molecule has 0 aliphatic carbocycles. The Kier molecular flexibility index (Phi) is 4.67. The van der Waals surface area contributed by atoms with Gasteiger partial charge in [0.15, 0.2) is 0 Å². The van der Waals surface area contributed by atoms with Crippen molar-refractivity contribution in [2.75, 3.05) is 37.3 Å². The van der Waals surface area contributed by atoms with Gasteiger partial charge in [-0.15, -0.1) is 0 Å². The minimum atomic E-state index is -3.08. The zero-order chi connectivity index (χ0) is 14.8. The normalized spacial score (nSPS) is 19.1. The fourth-order valence-corrected chi connectivity index (χ4v) is 3.25. The van der Waals surface area contributed by atoms with Gasteiger partial charge in [-0.1, -0.05) is 19.1 Å². The van der Waals surface area contributed by atoms with E-state index in [2.05, 4.69) is 4.90 Å². The number of nitrogens with zero attached hydrogens (tertiary/aromatic N) is 2. The second-order valence-corrected chi connectivity index (χ2v) is 7.15. The third kappa shape index (κ3) is 3.50. The summed E-state index contributed by atoms with van der Waals surface area (Å²) >= 11 is 0. The standard InChI is InChI=1S/C14H22N2O3S/c1-3-14(17)12-4-6-13(7-5-12)15-8-10-16(11-9-15)20(2,18)19/h4-7,14,17H,3,8-11H2,1-2H3. The zero-order valence-electron chi connectivity index (χ0n) is 12.0. The van der Waals surface area contributed by atoms with Gasteiger partial charge in [-0.05, 0) is 24.1 Å². The van der Waals surface area contributed by atoms with E-state index in [1.165, 1.54) is 10.6 Å². The molecule has 5 nitrogen and oxygen atoms in total. The molecule has 0 spiro atoms. The first-order valence-electron chi connectivity index (χ1n) is 6.90. The minimum absolute atomic E-state index is 0.411. The van der Waals surface area contributed by atoms with Gasteiger partial charge in [-0.3, -0.25) is 0 Å².